The molecule has 1 amide bonds. The predicted molar refractivity (Wildman–Crippen MR) is 121 cm³/mol. The third-order valence-electron chi connectivity index (χ3n) is 5.83. The number of halogens is 2. The number of nitrogens with zero attached hydrogens (tertiary/aromatic N) is 3. The normalized spacial score (nSPS) is 23.1. The van der Waals surface area contributed by atoms with E-state index in [9.17, 15) is 22.0 Å². The van der Waals surface area contributed by atoms with Crippen LogP contribution in [0.25, 0.3) is 0 Å². The predicted octanol–water partition coefficient (Wildman–Crippen LogP) is 2.90. The number of hydrogen-bond donors (Lipinski definition) is 1. The van der Waals surface area contributed by atoms with E-state index in [1.54, 1.807) is 20.8 Å². The number of rotatable bonds is 4. The van der Waals surface area contributed by atoms with Gasteiger partial charge < -0.3 is 14.8 Å². The molecule has 2 aliphatic rings. The van der Waals surface area contributed by atoms with Crippen molar-refractivity contribution in [2.45, 2.75) is 69.2 Å². The molecule has 2 aromatic rings. The molecule has 3 heterocycles. The Kier molecular flexibility index (Phi) is 6.82. The van der Waals surface area contributed by atoms with Crippen molar-refractivity contribution in [3.63, 3.8) is 0 Å². The summed E-state index contributed by atoms with van der Waals surface area (Å²) in [5.41, 5.74) is 0.672. The van der Waals surface area contributed by atoms with Gasteiger partial charge in [0.2, 0.25) is 15.0 Å². The Morgan fingerprint density at radius 2 is 2.00 bits per heavy atom. The van der Waals surface area contributed by atoms with Gasteiger partial charge in [0.15, 0.2) is 0 Å². The zero-order chi connectivity index (χ0) is 25.5. The first-order valence-corrected chi connectivity index (χ1v) is 13.0. The van der Waals surface area contributed by atoms with Crippen LogP contribution in [0.3, 0.4) is 0 Å². The molecule has 1 fully saturated rings. The number of alkyl carbamates (subject to hydrolysis) is 1. The molecule has 12 heteroatoms. The minimum atomic E-state index is -3.54. The topological polar surface area (TPSA) is 111 Å². The molecule has 0 saturated carbocycles. The van der Waals surface area contributed by atoms with Crippen LogP contribution < -0.4 is 5.32 Å². The summed E-state index contributed by atoms with van der Waals surface area (Å²) in [6.45, 7) is 6.20. The van der Waals surface area contributed by atoms with E-state index in [0.29, 0.717) is 25.2 Å². The van der Waals surface area contributed by atoms with E-state index in [2.05, 4.69) is 15.3 Å². The second kappa shape index (κ2) is 9.40. The molecule has 0 radical (unpaired) electrons. The fourth-order valence-electron chi connectivity index (χ4n) is 4.30. The number of fused-ring (bicyclic) bond motifs is 1. The van der Waals surface area contributed by atoms with Gasteiger partial charge in [-0.3, -0.25) is 4.90 Å². The number of ether oxygens (including phenoxy) is 2. The van der Waals surface area contributed by atoms with Gasteiger partial charge in [-0.15, -0.1) is 0 Å². The summed E-state index contributed by atoms with van der Waals surface area (Å²) >= 11 is 0. The molecule has 0 bridgehead atoms. The molecule has 1 aromatic heterocycles. The first kappa shape index (κ1) is 25.4. The Hall–Kier alpha value is -2.70. The van der Waals surface area contributed by atoms with E-state index in [4.69, 9.17) is 9.47 Å². The fourth-order valence-corrected chi connectivity index (χ4v) is 4.82. The summed E-state index contributed by atoms with van der Waals surface area (Å²) in [6.07, 6.45) is 1.30. The van der Waals surface area contributed by atoms with Gasteiger partial charge in [0.1, 0.15) is 23.3 Å². The number of amides is 1. The van der Waals surface area contributed by atoms with Crippen molar-refractivity contribution in [2.24, 2.45) is 0 Å². The monoisotopic (exact) mass is 510 g/mol. The summed E-state index contributed by atoms with van der Waals surface area (Å²) in [5, 5.41) is 2.53. The number of nitrogens with one attached hydrogen (secondary N) is 1. The number of hydrogen-bond acceptors (Lipinski definition) is 8. The summed E-state index contributed by atoms with van der Waals surface area (Å²) in [4.78, 5) is 22.7. The number of carbonyl (C=O) groups is 1. The lowest BCUT2D eigenvalue weighted by atomic mass is 9.92. The van der Waals surface area contributed by atoms with Gasteiger partial charge in [0.25, 0.3) is 0 Å². The molecule has 2 aliphatic heterocycles. The fraction of sp³-hybridized carbons (Fsp3) is 0.522. The summed E-state index contributed by atoms with van der Waals surface area (Å²) in [6, 6.07) is 2.20. The zero-order valence-electron chi connectivity index (χ0n) is 19.9. The van der Waals surface area contributed by atoms with E-state index >= 15 is 0 Å². The van der Waals surface area contributed by atoms with Gasteiger partial charge in [-0.25, -0.2) is 32.0 Å². The highest BCUT2D eigenvalue weighted by molar-refractivity contribution is 7.90. The number of benzene rings is 1. The highest BCUT2D eigenvalue weighted by atomic mass is 32.2. The molecule has 1 N–H and O–H groups in total. The lowest BCUT2D eigenvalue weighted by molar-refractivity contribution is -0.0628. The molecule has 190 valence electrons. The molecule has 9 nitrogen and oxygen atoms in total. The van der Waals surface area contributed by atoms with E-state index in [1.165, 1.54) is 6.20 Å². The van der Waals surface area contributed by atoms with E-state index in [-0.39, 0.29) is 23.4 Å². The molecule has 35 heavy (non-hydrogen) atoms. The van der Waals surface area contributed by atoms with Gasteiger partial charge in [-0.2, -0.15) is 0 Å². The maximum atomic E-state index is 14.6. The van der Waals surface area contributed by atoms with Crippen LogP contribution in [-0.2, 0) is 32.4 Å². The molecule has 1 saturated heterocycles. The van der Waals surface area contributed by atoms with Gasteiger partial charge in [-0.05, 0) is 45.4 Å². The second-order valence-corrected chi connectivity index (χ2v) is 11.8. The van der Waals surface area contributed by atoms with Crippen LogP contribution in [-0.4, -0.2) is 59.9 Å². The van der Waals surface area contributed by atoms with Crippen LogP contribution in [0, 0.1) is 11.6 Å². The minimum absolute atomic E-state index is 0.0119. The van der Waals surface area contributed by atoms with Crippen LogP contribution >= 0.6 is 0 Å². The van der Waals surface area contributed by atoms with Crippen molar-refractivity contribution < 1.29 is 31.5 Å². The lowest BCUT2D eigenvalue weighted by Crippen LogP contribution is -2.52. The molecule has 0 aliphatic carbocycles. The van der Waals surface area contributed by atoms with Crippen molar-refractivity contribution in [1.29, 1.82) is 0 Å². The maximum Gasteiger partial charge on any atom is 0.407 e. The Labute approximate surface area is 202 Å². The first-order valence-electron chi connectivity index (χ1n) is 11.1. The highest BCUT2D eigenvalue weighted by Gasteiger charge is 2.40. The molecular formula is C23H28F2N4O5S. The zero-order valence-corrected chi connectivity index (χ0v) is 20.7. The number of sulfone groups is 1. The molecular weight excluding hydrogens is 482 g/mol. The Morgan fingerprint density at radius 1 is 1.26 bits per heavy atom. The van der Waals surface area contributed by atoms with Crippen LogP contribution in [0.15, 0.2) is 29.6 Å². The molecule has 3 atom stereocenters. The smallest absolute Gasteiger partial charge is 0.407 e. The summed E-state index contributed by atoms with van der Waals surface area (Å²) in [5.74, 6) is -1.25. The second-order valence-electron chi connectivity index (χ2n) is 9.86. The van der Waals surface area contributed by atoms with Crippen molar-refractivity contribution in [1.82, 2.24) is 20.2 Å². The average molecular weight is 511 g/mol. The van der Waals surface area contributed by atoms with Crippen molar-refractivity contribution in [3.8, 4) is 0 Å². The van der Waals surface area contributed by atoms with Crippen LogP contribution in [0.4, 0.5) is 13.6 Å². The average Bonchev–Trinajstić information content (AvgIpc) is 3.17. The highest BCUT2D eigenvalue weighted by Crippen LogP contribution is 2.35. The quantitative estimate of drug-likeness (QED) is 0.626. The van der Waals surface area contributed by atoms with E-state index in [0.717, 1.165) is 30.0 Å². The molecule has 1 aromatic carbocycles. The first-order chi connectivity index (χ1) is 16.3. The summed E-state index contributed by atoms with van der Waals surface area (Å²) in [7, 11) is -3.54. The van der Waals surface area contributed by atoms with Crippen LogP contribution in [0.2, 0.25) is 0 Å². The molecule has 0 spiro atoms. The molecule has 0 unspecified atom stereocenters. The van der Waals surface area contributed by atoms with Crippen molar-refractivity contribution in [3.05, 3.63) is 52.9 Å². The SMILES string of the molecule is CC(C)(C)OC(=O)N[C@H]1C[C@H](N2Cc3cnc(S(C)(=O)=O)nc3C2)CO[C@@H]1c1cc(F)ccc1F. The third-order valence-corrected chi connectivity index (χ3v) is 6.69. The summed E-state index contributed by atoms with van der Waals surface area (Å²) < 4.78 is 63.5. The number of carbonyl (C=O) groups excluding carboxylic acids is 1. The van der Waals surface area contributed by atoms with Crippen molar-refractivity contribution in [2.75, 3.05) is 12.9 Å². The van der Waals surface area contributed by atoms with Gasteiger partial charge in [0.05, 0.1) is 18.3 Å². The Bertz CT molecular complexity index is 1230. The third kappa shape index (κ3) is 5.93. The Balaban J connectivity index is 1.55. The van der Waals surface area contributed by atoms with E-state index < -0.39 is 45.3 Å². The van der Waals surface area contributed by atoms with Gasteiger partial charge in [-0.1, -0.05) is 0 Å². The minimum Gasteiger partial charge on any atom is -0.444 e. The standard InChI is InChI=1S/C23H28F2N4O5S/c1-23(2,3)34-22(30)28-18-8-15(12-33-20(18)16-7-14(24)5-6-17(16)25)29-10-13-9-26-21(35(4,31)32)27-19(13)11-29/h5-7,9,15,18,20H,8,10-12H2,1-4H3,(H,28,30)/t15-,18-,20+/m0/s1. The molecule has 4 rings (SSSR count). The van der Waals surface area contributed by atoms with Crippen molar-refractivity contribution >= 4 is 15.9 Å². The largest absolute Gasteiger partial charge is 0.444 e. The van der Waals surface area contributed by atoms with E-state index in [1.807, 2.05) is 4.90 Å². The van der Waals surface area contributed by atoms with Crippen LogP contribution in [0.1, 0.15) is 50.1 Å². The van der Waals surface area contributed by atoms with Crippen LogP contribution in [0.5, 0.6) is 0 Å². The lowest BCUT2D eigenvalue weighted by Gasteiger charge is -2.40. The van der Waals surface area contributed by atoms with Gasteiger partial charge >= 0.3 is 6.09 Å². The Morgan fingerprint density at radius 3 is 2.69 bits per heavy atom. The maximum absolute atomic E-state index is 14.6. The number of aromatic nitrogens is 2. The van der Waals surface area contributed by atoms with Gasteiger partial charge in [0, 0.05) is 42.7 Å².